The molecule has 0 amide bonds. The SMILES string of the molecule is CCOC(=O)C(C)Oc1ccc2c(=O)c(Oc3ccccc3Cl)coc2c1. The Hall–Kier alpha value is -2.99. The first kappa shape index (κ1) is 18.8. The van der Waals surface area contributed by atoms with E-state index in [2.05, 4.69) is 0 Å². The van der Waals surface area contributed by atoms with Crippen LogP contribution >= 0.6 is 11.6 Å². The van der Waals surface area contributed by atoms with Crippen LogP contribution in [0.25, 0.3) is 11.0 Å². The highest BCUT2D eigenvalue weighted by atomic mass is 35.5. The van der Waals surface area contributed by atoms with Gasteiger partial charge in [-0.2, -0.15) is 0 Å². The first-order valence-electron chi connectivity index (χ1n) is 8.31. The zero-order valence-electron chi connectivity index (χ0n) is 14.7. The van der Waals surface area contributed by atoms with E-state index >= 15 is 0 Å². The average molecular weight is 389 g/mol. The molecule has 0 aliphatic carbocycles. The number of benzene rings is 2. The number of esters is 1. The van der Waals surface area contributed by atoms with Crippen molar-refractivity contribution in [2.24, 2.45) is 0 Å². The van der Waals surface area contributed by atoms with E-state index in [4.69, 9.17) is 30.2 Å². The number of carbonyl (C=O) groups excluding carboxylic acids is 1. The van der Waals surface area contributed by atoms with Crippen molar-refractivity contribution in [3.05, 3.63) is 64.0 Å². The molecule has 0 saturated carbocycles. The normalized spacial score (nSPS) is 11.8. The molecule has 0 saturated heterocycles. The van der Waals surface area contributed by atoms with Gasteiger partial charge in [-0.25, -0.2) is 4.79 Å². The van der Waals surface area contributed by atoms with E-state index in [0.29, 0.717) is 27.5 Å². The van der Waals surface area contributed by atoms with E-state index in [-0.39, 0.29) is 17.8 Å². The van der Waals surface area contributed by atoms with Crippen molar-refractivity contribution in [2.75, 3.05) is 6.61 Å². The molecule has 0 N–H and O–H groups in total. The summed E-state index contributed by atoms with van der Waals surface area (Å²) < 4.78 is 21.5. The maximum atomic E-state index is 12.6. The Bertz CT molecular complexity index is 1030. The van der Waals surface area contributed by atoms with E-state index in [0.717, 1.165) is 0 Å². The van der Waals surface area contributed by atoms with Gasteiger partial charge in [-0.3, -0.25) is 4.79 Å². The van der Waals surface area contributed by atoms with Gasteiger partial charge in [0.1, 0.15) is 23.3 Å². The Morgan fingerprint density at radius 1 is 1.19 bits per heavy atom. The molecule has 0 aliphatic heterocycles. The molecule has 3 aromatic rings. The van der Waals surface area contributed by atoms with E-state index in [1.807, 2.05) is 0 Å². The quantitative estimate of drug-likeness (QED) is 0.576. The van der Waals surface area contributed by atoms with Crippen molar-refractivity contribution in [1.29, 1.82) is 0 Å². The lowest BCUT2D eigenvalue weighted by Crippen LogP contribution is -2.26. The molecule has 1 aromatic heterocycles. The van der Waals surface area contributed by atoms with Gasteiger partial charge in [-0.1, -0.05) is 23.7 Å². The highest BCUT2D eigenvalue weighted by molar-refractivity contribution is 6.32. The number of para-hydroxylation sites is 1. The fourth-order valence-corrected chi connectivity index (χ4v) is 2.57. The molecule has 1 unspecified atom stereocenters. The summed E-state index contributed by atoms with van der Waals surface area (Å²) in [5.74, 6) is 0.284. The second-order valence-corrected chi connectivity index (χ2v) is 6.04. The molecule has 3 rings (SSSR count). The van der Waals surface area contributed by atoms with Crippen LogP contribution in [0.2, 0.25) is 5.02 Å². The average Bonchev–Trinajstić information content (AvgIpc) is 2.66. The minimum atomic E-state index is -0.781. The molecule has 6 nitrogen and oxygen atoms in total. The Morgan fingerprint density at radius 2 is 1.96 bits per heavy atom. The van der Waals surface area contributed by atoms with Crippen molar-refractivity contribution in [2.45, 2.75) is 20.0 Å². The van der Waals surface area contributed by atoms with Crippen LogP contribution in [0.5, 0.6) is 17.2 Å². The number of hydrogen-bond acceptors (Lipinski definition) is 6. The third-order valence-electron chi connectivity index (χ3n) is 3.70. The minimum Gasteiger partial charge on any atom is -0.479 e. The smallest absolute Gasteiger partial charge is 0.347 e. The molecule has 1 atom stereocenters. The number of hydrogen-bond donors (Lipinski definition) is 0. The summed E-state index contributed by atoms with van der Waals surface area (Å²) in [5, 5.41) is 0.699. The fraction of sp³-hybridized carbons (Fsp3) is 0.200. The molecule has 2 aromatic carbocycles. The molecule has 27 heavy (non-hydrogen) atoms. The fourth-order valence-electron chi connectivity index (χ4n) is 2.39. The topological polar surface area (TPSA) is 75.0 Å². The highest BCUT2D eigenvalue weighted by Gasteiger charge is 2.17. The number of halogens is 1. The van der Waals surface area contributed by atoms with Gasteiger partial charge in [0.05, 0.1) is 17.0 Å². The summed E-state index contributed by atoms with van der Waals surface area (Å²) >= 11 is 6.05. The van der Waals surface area contributed by atoms with Gasteiger partial charge < -0.3 is 18.6 Å². The Morgan fingerprint density at radius 3 is 2.70 bits per heavy atom. The van der Waals surface area contributed by atoms with E-state index in [1.165, 1.54) is 12.3 Å². The number of rotatable bonds is 6. The van der Waals surface area contributed by atoms with Gasteiger partial charge >= 0.3 is 5.97 Å². The Labute approximate surface area is 160 Å². The summed E-state index contributed by atoms with van der Waals surface area (Å²) in [4.78, 5) is 24.3. The summed E-state index contributed by atoms with van der Waals surface area (Å²) in [6.07, 6.45) is 0.434. The summed E-state index contributed by atoms with van der Waals surface area (Å²) in [6, 6.07) is 11.5. The lowest BCUT2D eigenvalue weighted by Gasteiger charge is -2.13. The molecule has 0 radical (unpaired) electrons. The van der Waals surface area contributed by atoms with Crippen molar-refractivity contribution >= 4 is 28.5 Å². The van der Waals surface area contributed by atoms with Crippen LogP contribution in [0.15, 0.2) is 57.9 Å². The zero-order valence-corrected chi connectivity index (χ0v) is 15.5. The molecule has 0 aliphatic rings. The molecule has 7 heteroatoms. The Balaban J connectivity index is 1.86. The second kappa shape index (κ2) is 8.14. The highest BCUT2D eigenvalue weighted by Crippen LogP contribution is 2.29. The van der Waals surface area contributed by atoms with Crippen LogP contribution in [-0.2, 0) is 9.53 Å². The Kier molecular flexibility index (Phi) is 5.66. The summed E-state index contributed by atoms with van der Waals surface area (Å²) in [6.45, 7) is 3.57. The molecular weight excluding hydrogens is 372 g/mol. The molecule has 0 spiro atoms. The third kappa shape index (κ3) is 4.23. The molecule has 0 fully saturated rings. The predicted octanol–water partition coefficient (Wildman–Crippen LogP) is 4.57. The van der Waals surface area contributed by atoms with Gasteiger partial charge in [0.25, 0.3) is 0 Å². The van der Waals surface area contributed by atoms with Crippen LogP contribution in [0, 0.1) is 0 Å². The standard InChI is InChI=1S/C20H17ClO6/c1-3-24-20(23)12(2)26-13-8-9-14-17(10-13)25-11-18(19(14)22)27-16-7-5-4-6-15(16)21/h4-12H,3H2,1-2H3. The number of fused-ring (bicyclic) bond motifs is 1. The van der Waals surface area contributed by atoms with E-state index in [9.17, 15) is 9.59 Å². The van der Waals surface area contributed by atoms with Gasteiger partial charge in [-0.05, 0) is 38.1 Å². The lowest BCUT2D eigenvalue weighted by atomic mass is 10.2. The van der Waals surface area contributed by atoms with Gasteiger partial charge in [0.15, 0.2) is 6.10 Å². The largest absolute Gasteiger partial charge is 0.479 e. The van der Waals surface area contributed by atoms with Crippen LogP contribution in [0.3, 0.4) is 0 Å². The van der Waals surface area contributed by atoms with E-state index in [1.54, 1.807) is 50.2 Å². The first-order valence-corrected chi connectivity index (χ1v) is 8.68. The van der Waals surface area contributed by atoms with Crippen LogP contribution in [-0.4, -0.2) is 18.7 Å². The summed E-state index contributed by atoms with van der Waals surface area (Å²) in [7, 11) is 0. The van der Waals surface area contributed by atoms with Crippen LogP contribution in [0.1, 0.15) is 13.8 Å². The molecule has 0 bridgehead atoms. The van der Waals surface area contributed by atoms with Crippen LogP contribution < -0.4 is 14.9 Å². The minimum absolute atomic E-state index is 0.0177. The van der Waals surface area contributed by atoms with Crippen molar-refractivity contribution in [3.63, 3.8) is 0 Å². The first-order chi connectivity index (χ1) is 13.0. The van der Waals surface area contributed by atoms with Crippen LogP contribution in [0.4, 0.5) is 0 Å². The van der Waals surface area contributed by atoms with E-state index < -0.39 is 12.1 Å². The number of carbonyl (C=O) groups is 1. The van der Waals surface area contributed by atoms with Gasteiger partial charge in [0.2, 0.25) is 11.2 Å². The predicted molar refractivity (Wildman–Crippen MR) is 101 cm³/mol. The third-order valence-corrected chi connectivity index (χ3v) is 4.01. The van der Waals surface area contributed by atoms with Crippen molar-refractivity contribution in [3.8, 4) is 17.2 Å². The molecule has 140 valence electrons. The van der Waals surface area contributed by atoms with Gasteiger partial charge in [0, 0.05) is 6.07 Å². The van der Waals surface area contributed by atoms with Crippen molar-refractivity contribution < 1.29 is 23.4 Å². The zero-order chi connectivity index (χ0) is 19.4. The molecule has 1 heterocycles. The lowest BCUT2D eigenvalue weighted by molar-refractivity contribution is -0.150. The van der Waals surface area contributed by atoms with Crippen molar-refractivity contribution in [1.82, 2.24) is 0 Å². The maximum Gasteiger partial charge on any atom is 0.347 e. The molecular formula is C20H17ClO6. The maximum absolute atomic E-state index is 12.6. The monoisotopic (exact) mass is 388 g/mol. The summed E-state index contributed by atoms with van der Waals surface area (Å²) in [5.41, 5.74) is -0.0405. The van der Waals surface area contributed by atoms with Gasteiger partial charge in [-0.15, -0.1) is 0 Å². The number of ether oxygens (including phenoxy) is 3. The second-order valence-electron chi connectivity index (χ2n) is 5.63.